The average Bonchev–Trinajstić information content (AvgIpc) is 3.40. The topological polar surface area (TPSA) is 97.5 Å². The monoisotopic (exact) mass is 609 g/mol. The van der Waals surface area contributed by atoms with Gasteiger partial charge in [-0.15, -0.1) is 5.06 Å². The van der Waals surface area contributed by atoms with Crippen LogP contribution in [0.2, 0.25) is 0 Å². The second kappa shape index (κ2) is 18.1. The molecule has 10 heteroatoms. The third-order valence-electron chi connectivity index (χ3n) is 10.6. The Morgan fingerprint density at radius 1 is 0.628 bits per heavy atom. The quantitative estimate of drug-likeness (QED) is 0.220. The predicted octanol–water partition coefficient (Wildman–Crippen LogP) is 3.37. The van der Waals surface area contributed by atoms with Crippen molar-refractivity contribution in [1.82, 2.24) is 26.3 Å². The van der Waals surface area contributed by atoms with Gasteiger partial charge in [-0.3, -0.25) is 4.84 Å². The summed E-state index contributed by atoms with van der Waals surface area (Å²) in [6.45, 7) is 10.9. The molecule has 0 aromatic rings. The van der Waals surface area contributed by atoms with Crippen LogP contribution < -0.4 is 21.3 Å². The third kappa shape index (κ3) is 9.56. The summed E-state index contributed by atoms with van der Waals surface area (Å²) >= 11 is 0. The minimum atomic E-state index is -1.27. The molecule has 5 heterocycles. The van der Waals surface area contributed by atoms with Crippen molar-refractivity contribution in [3.63, 3.8) is 0 Å². The van der Waals surface area contributed by atoms with Crippen LogP contribution in [0.5, 0.6) is 0 Å². The van der Waals surface area contributed by atoms with E-state index in [4.69, 9.17) is 23.8 Å². The van der Waals surface area contributed by atoms with E-state index in [-0.39, 0.29) is 6.10 Å². The molecule has 4 N–H and O–H groups in total. The van der Waals surface area contributed by atoms with E-state index in [1.54, 1.807) is 7.11 Å². The summed E-state index contributed by atoms with van der Waals surface area (Å²) in [6, 6.07) is 0. The molecule has 43 heavy (non-hydrogen) atoms. The van der Waals surface area contributed by atoms with Gasteiger partial charge < -0.3 is 40.2 Å². The number of methoxy groups -OCH3 is 1. The lowest BCUT2D eigenvalue weighted by Crippen LogP contribution is -2.69. The number of nitrogens with one attached hydrogen (secondary N) is 4. The molecule has 5 aliphatic rings. The van der Waals surface area contributed by atoms with Crippen LogP contribution in [0.25, 0.3) is 0 Å². The number of nitrogens with zero attached hydrogens (tertiary/aromatic N) is 1. The Kier molecular flexibility index (Phi) is 14.3. The van der Waals surface area contributed by atoms with E-state index >= 15 is 0 Å². The zero-order valence-electron chi connectivity index (χ0n) is 27.2. The predicted molar refractivity (Wildman–Crippen MR) is 168 cm³/mol. The molecule has 10 nitrogen and oxygen atoms in total. The maximum Gasteiger partial charge on any atom is 0.309 e. The van der Waals surface area contributed by atoms with Crippen LogP contribution in [0.15, 0.2) is 0 Å². The summed E-state index contributed by atoms with van der Waals surface area (Å²) in [5, 5.41) is 16.2. The lowest BCUT2D eigenvalue weighted by Gasteiger charge is -2.51. The lowest BCUT2D eigenvalue weighted by atomic mass is 9.95. The molecule has 0 aromatic heterocycles. The molecule has 0 aliphatic carbocycles. The Labute approximate surface area is 261 Å². The summed E-state index contributed by atoms with van der Waals surface area (Å²) < 4.78 is 27.8. The summed E-state index contributed by atoms with van der Waals surface area (Å²) in [4.78, 5) is 6.97. The van der Waals surface area contributed by atoms with Crippen LogP contribution in [0.1, 0.15) is 89.9 Å². The Hall–Kier alpha value is -0.400. The molecule has 0 radical (unpaired) electrons. The van der Waals surface area contributed by atoms with Gasteiger partial charge in [0.1, 0.15) is 0 Å². The first kappa shape index (κ1) is 33.9. The average molecular weight is 610 g/mol. The molecule has 5 aliphatic heterocycles. The smallest absolute Gasteiger partial charge is 0.309 e. The molecule has 250 valence electrons. The van der Waals surface area contributed by atoms with E-state index in [0.29, 0.717) is 37.6 Å². The van der Waals surface area contributed by atoms with Crippen LogP contribution in [0, 0.1) is 17.8 Å². The van der Waals surface area contributed by atoms with Crippen LogP contribution in [0.4, 0.5) is 0 Å². The van der Waals surface area contributed by atoms with Gasteiger partial charge in [0.15, 0.2) is 0 Å². The van der Waals surface area contributed by atoms with Crippen LogP contribution >= 0.6 is 0 Å². The SMILES string of the molecule is COC1(OCCC2CCCNC2)CCCCN(OC2CCCCNC2)C1(OCCC1CCNCC1)OCC1CCNCC1. The fraction of sp³-hybridized carbons (Fsp3) is 1.00. The van der Waals surface area contributed by atoms with Crippen LogP contribution in [-0.2, 0) is 23.8 Å². The van der Waals surface area contributed by atoms with Crippen molar-refractivity contribution in [2.45, 2.75) is 108 Å². The number of piperidine rings is 3. The van der Waals surface area contributed by atoms with Crippen molar-refractivity contribution in [1.29, 1.82) is 0 Å². The summed E-state index contributed by atoms with van der Waals surface area (Å²) in [6.07, 6.45) is 15.2. The molecule has 4 atom stereocenters. The van der Waals surface area contributed by atoms with Gasteiger partial charge in [0.2, 0.25) is 5.79 Å². The second-order valence-electron chi connectivity index (χ2n) is 13.7. The minimum absolute atomic E-state index is 0.0679. The van der Waals surface area contributed by atoms with Gasteiger partial charge in [0.25, 0.3) is 0 Å². The first-order chi connectivity index (χ1) is 21.2. The Morgan fingerprint density at radius 2 is 1.35 bits per heavy atom. The molecule has 0 aromatic carbocycles. The van der Waals surface area contributed by atoms with Crippen LogP contribution in [-0.4, -0.2) is 109 Å². The van der Waals surface area contributed by atoms with Gasteiger partial charge in [0.05, 0.1) is 25.9 Å². The van der Waals surface area contributed by atoms with Crippen molar-refractivity contribution in [2.75, 3.05) is 85.8 Å². The van der Waals surface area contributed by atoms with Crippen molar-refractivity contribution >= 4 is 0 Å². The van der Waals surface area contributed by atoms with E-state index in [1.165, 1.54) is 32.1 Å². The minimum Gasteiger partial charge on any atom is -0.347 e. The molecule has 0 saturated carbocycles. The van der Waals surface area contributed by atoms with E-state index in [0.717, 1.165) is 117 Å². The number of hydrogen-bond donors (Lipinski definition) is 4. The van der Waals surface area contributed by atoms with Crippen molar-refractivity contribution in [2.24, 2.45) is 17.8 Å². The third-order valence-corrected chi connectivity index (χ3v) is 10.6. The van der Waals surface area contributed by atoms with E-state index < -0.39 is 11.7 Å². The fourth-order valence-corrected chi connectivity index (χ4v) is 7.72. The Morgan fingerprint density at radius 3 is 2.12 bits per heavy atom. The van der Waals surface area contributed by atoms with Gasteiger partial charge in [-0.2, -0.15) is 0 Å². The molecular formula is C33H63N5O5. The maximum absolute atomic E-state index is 7.17. The highest BCUT2D eigenvalue weighted by Gasteiger charge is 2.62. The van der Waals surface area contributed by atoms with E-state index in [9.17, 15) is 0 Å². The van der Waals surface area contributed by atoms with Crippen molar-refractivity contribution < 1.29 is 23.8 Å². The Bertz CT molecular complexity index is 756. The highest BCUT2D eigenvalue weighted by molar-refractivity contribution is 4.92. The zero-order valence-corrected chi connectivity index (χ0v) is 27.2. The maximum atomic E-state index is 7.17. The number of rotatable bonds is 14. The number of hydrogen-bond acceptors (Lipinski definition) is 10. The van der Waals surface area contributed by atoms with E-state index in [1.807, 2.05) is 5.06 Å². The van der Waals surface area contributed by atoms with E-state index in [2.05, 4.69) is 21.3 Å². The number of ether oxygens (including phenoxy) is 4. The molecule has 4 unspecified atom stereocenters. The summed E-state index contributed by atoms with van der Waals surface area (Å²) in [5.41, 5.74) is 0. The van der Waals surface area contributed by atoms with Crippen molar-refractivity contribution in [3.05, 3.63) is 0 Å². The van der Waals surface area contributed by atoms with Crippen LogP contribution in [0.3, 0.4) is 0 Å². The van der Waals surface area contributed by atoms with Gasteiger partial charge in [0, 0.05) is 26.6 Å². The molecule has 0 amide bonds. The first-order valence-corrected chi connectivity index (χ1v) is 18.0. The first-order valence-electron chi connectivity index (χ1n) is 18.0. The normalized spacial score (nSPS) is 34.5. The number of hydroxylamine groups is 2. The largest absolute Gasteiger partial charge is 0.347 e. The Balaban J connectivity index is 1.41. The van der Waals surface area contributed by atoms with Gasteiger partial charge in [-0.1, -0.05) is 0 Å². The van der Waals surface area contributed by atoms with Gasteiger partial charge >= 0.3 is 5.91 Å². The molecular weight excluding hydrogens is 546 g/mol. The second-order valence-corrected chi connectivity index (χ2v) is 13.7. The van der Waals surface area contributed by atoms with Gasteiger partial charge in [-0.05, 0) is 147 Å². The van der Waals surface area contributed by atoms with Crippen molar-refractivity contribution in [3.8, 4) is 0 Å². The standard InChI is InChI=1S/C33H63N5O5/c1-39-32(40-23-14-29-7-6-17-36-25-29)15-3-5-22-38(43-31-8-2-4-16-37-26-31)33(32,42-27-30-11-20-35-21-12-30)41-24-13-28-9-18-34-19-10-28/h28-31,34-37H,2-27H2,1H3. The molecule has 0 spiro atoms. The highest BCUT2D eigenvalue weighted by Crippen LogP contribution is 2.44. The molecule has 5 fully saturated rings. The highest BCUT2D eigenvalue weighted by atomic mass is 16.9. The molecule has 0 bridgehead atoms. The fourth-order valence-electron chi connectivity index (χ4n) is 7.72. The van der Waals surface area contributed by atoms with Gasteiger partial charge in [-0.25, -0.2) is 0 Å². The zero-order chi connectivity index (χ0) is 29.6. The lowest BCUT2D eigenvalue weighted by molar-refractivity contribution is -0.506. The molecule has 5 rings (SSSR count). The molecule has 5 saturated heterocycles. The summed E-state index contributed by atoms with van der Waals surface area (Å²) in [5.74, 6) is -0.592. The summed E-state index contributed by atoms with van der Waals surface area (Å²) in [7, 11) is 1.79.